The zero-order chi connectivity index (χ0) is 13.7. The fourth-order valence-corrected chi connectivity index (χ4v) is 1.54. The van der Waals surface area contributed by atoms with Crippen molar-refractivity contribution in [2.75, 3.05) is 12.4 Å². The lowest BCUT2D eigenvalue weighted by molar-refractivity contribution is -0.116. The summed E-state index contributed by atoms with van der Waals surface area (Å²) in [4.78, 5) is 11.8. The molecule has 1 aromatic carbocycles. The number of rotatable bonds is 5. The molecule has 1 rings (SSSR count). The standard InChI is InChI=1S/C13H19ClN2O2/c1-8(2)11(15)7-13(17)16-12-6-9(18-3)4-5-10(12)14/h4-6,8,11H,7,15H2,1-3H3,(H,16,17). The third-order valence-corrected chi connectivity index (χ3v) is 3.05. The summed E-state index contributed by atoms with van der Waals surface area (Å²) in [5.41, 5.74) is 6.39. The molecule has 1 atom stereocenters. The second kappa shape index (κ2) is 6.61. The van der Waals surface area contributed by atoms with Gasteiger partial charge in [-0.05, 0) is 18.1 Å². The maximum absolute atomic E-state index is 11.8. The summed E-state index contributed by atoms with van der Waals surface area (Å²) in [6.45, 7) is 3.97. The van der Waals surface area contributed by atoms with Crippen LogP contribution in [-0.4, -0.2) is 19.1 Å². The second-order valence-electron chi connectivity index (χ2n) is 4.51. The van der Waals surface area contributed by atoms with E-state index in [2.05, 4.69) is 5.32 Å². The smallest absolute Gasteiger partial charge is 0.225 e. The van der Waals surface area contributed by atoms with Crippen LogP contribution in [-0.2, 0) is 4.79 Å². The summed E-state index contributed by atoms with van der Waals surface area (Å²) < 4.78 is 5.08. The largest absolute Gasteiger partial charge is 0.497 e. The van der Waals surface area contributed by atoms with Crippen molar-refractivity contribution in [3.8, 4) is 5.75 Å². The number of carbonyl (C=O) groups excluding carboxylic acids is 1. The summed E-state index contributed by atoms with van der Waals surface area (Å²) in [6, 6.07) is 4.94. The topological polar surface area (TPSA) is 64.3 Å². The first-order valence-corrected chi connectivity index (χ1v) is 6.20. The molecule has 0 spiro atoms. The normalized spacial score (nSPS) is 12.3. The number of nitrogens with one attached hydrogen (secondary N) is 1. The summed E-state index contributed by atoms with van der Waals surface area (Å²) in [6.07, 6.45) is 0.269. The molecule has 18 heavy (non-hydrogen) atoms. The molecule has 4 nitrogen and oxygen atoms in total. The Hall–Kier alpha value is -1.26. The van der Waals surface area contributed by atoms with Crippen molar-refractivity contribution < 1.29 is 9.53 Å². The molecule has 0 heterocycles. The number of anilines is 1. The molecule has 0 aromatic heterocycles. The molecular weight excluding hydrogens is 252 g/mol. The van der Waals surface area contributed by atoms with Crippen LogP contribution in [0.25, 0.3) is 0 Å². The molecule has 0 saturated carbocycles. The minimum atomic E-state index is -0.158. The van der Waals surface area contributed by atoms with Gasteiger partial charge in [0.2, 0.25) is 5.91 Å². The van der Waals surface area contributed by atoms with Crippen molar-refractivity contribution >= 4 is 23.2 Å². The van der Waals surface area contributed by atoms with Crippen molar-refractivity contribution in [1.82, 2.24) is 0 Å². The molecule has 100 valence electrons. The number of amides is 1. The van der Waals surface area contributed by atoms with Crippen LogP contribution in [0.1, 0.15) is 20.3 Å². The molecular formula is C13H19ClN2O2. The van der Waals surface area contributed by atoms with Crippen LogP contribution in [0, 0.1) is 5.92 Å². The Bertz CT molecular complexity index is 421. The third kappa shape index (κ3) is 4.20. The maximum Gasteiger partial charge on any atom is 0.225 e. The Labute approximate surface area is 112 Å². The molecule has 5 heteroatoms. The third-order valence-electron chi connectivity index (χ3n) is 2.73. The van der Waals surface area contributed by atoms with Gasteiger partial charge in [-0.15, -0.1) is 0 Å². The van der Waals surface area contributed by atoms with Gasteiger partial charge in [0.1, 0.15) is 5.75 Å². The summed E-state index contributed by atoms with van der Waals surface area (Å²) in [5.74, 6) is 0.755. The Morgan fingerprint density at radius 1 is 1.50 bits per heavy atom. The van der Waals surface area contributed by atoms with E-state index in [4.69, 9.17) is 22.1 Å². The van der Waals surface area contributed by atoms with Gasteiger partial charge in [-0.3, -0.25) is 4.79 Å². The number of hydrogen-bond acceptors (Lipinski definition) is 3. The first-order valence-electron chi connectivity index (χ1n) is 5.83. The van der Waals surface area contributed by atoms with E-state index < -0.39 is 0 Å². The van der Waals surface area contributed by atoms with E-state index >= 15 is 0 Å². The lowest BCUT2D eigenvalue weighted by Gasteiger charge is -2.15. The van der Waals surface area contributed by atoms with Crippen molar-refractivity contribution in [3.05, 3.63) is 23.2 Å². The van der Waals surface area contributed by atoms with Gasteiger partial charge in [0, 0.05) is 18.5 Å². The number of nitrogens with two attached hydrogens (primary N) is 1. The fourth-order valence-electron chi connectivity index (χ4n) is 1.38. The quantitative estimate of drug-likeness (QED) is 0.865. The monoisotopic (exact) mass is 270 g/mol. The van der Waals surface area contributed by atoms with Gasteiger partial charge in [0.05, 0.1) is 17.8 Å². The van der Waals surface area contributed by atoms with Crippen molar-refractivity contribution in [1.29, 1.82) is 0 Å². The minimum Gasteiger partial charge on any atom is -0.497 e. The van der Waals surface area contributed by atoms with E-state index in [1.54, 1.807) is 25.3 Å². The van der Waals surface area contributed by atoms with Gasteiger partial charge >= 0.3 is 0 Å². The van der Waals surface area contributed by atoms with Crippen LogP contribution < -0.4 is 15.8 Å². The first-order chi connectivity index (χ1) is 8.43. The number of halogens is 1. The maximum atomic E-state index is 11.8. The molecule has 0 aliphatic heterocycles. The van der Waals surface area contributed by atoms with Gasteiger partial charge in [-0.2, -0.15) is 0 Å². The van der Waals surface area contributed by atoms with Crippen LogP contribution in [0.4, 0.5) is 5.69 Å². The van der Waals surface area contributed by atoms with Crippen molar-refractivity contribution in [3.63, 3.8) is 0 Å². The summed E-state index contributed by atoms with van der Waals surface area (Å²) in [5, 5.41) is 3.21. The summed E-state index contributed by atoms with van der Waals surface area (Å²) >= 11 is 5.99. The van der Waals surface area contributed by atoms with Gasteiger partial charge in [0.25, 0.3) is 0 Å². The highest BCUT2D eigenvalue weighted by atomic mass is 35.5. The molecule has 1 aromatic rings. The van der Waals surface area contributed by atoms with E-state index in [0.717, 1.165) is 0 Å². The van der Waals surface area contributed by atoms with Crippen LogP contribution in [0.3, 0.4) is 0 Å². The highest BCUT2D eigenvalue weighted by molar-refractivity contribution is 6.33. The lowest BCUT2D eigenvalue weighted by atomic mass is 10.0. The van der Waals surface area contributed by atoms with Crippen LogP contribution >= 0.6 is 11.6 Å². The number of benzene rings is 1. The number of hydrogen-bond donors (Lipinski definition) is 2. The van der Waals surface area contributed by atoms with E-state index in [9.17, 15) is 4.79 Å². The molecule has 0 saturated heterocycles. The van der Waals surface area contributed by atoms with Crippen molar-refractivity contribution in [2.24, 2.45) is 11.7 Å². The van der Waals surface area contributed by atoms with E-state index in [0.29, 0.717) is 16.5 Å². The fraction of sp³-hybridized carbons (Fsp3) is 0.462. The molecule has 1 amide bonds. The predicted octanol–water partition coefficient (Wildman–Crippen LogP) is 2.66. The molecule has 3 N–H and O–H groups in total. The lowest BCUT2D eigenvalue weighted by Crippen LogP contribution is -2.31. The average molecular weight is 271 g/mol. The second-order valence-corrected chi connectivity index (χ2v) is 4.91. The molecule has 1 unspecified atom stereocenters. The van der Waals surface area contributed by atoms with Crippen LogP contribution in [0.2, 0.25) is 5.02 Å². The highest BCUT2D eigenvalue weighted by Gasteiger charge is 2.14. The molecule has 0 bridgehead atoms. The average Bonchev–Trinajstić information content (AvgIpc) is 2.31. The number of carbonyl (C=O) groups is 1. The molecule has 0 fully saturated rings. The molecule has 0 aliphatic rings. The summed E-state index contributed by atoms with van der Waals surface area (Å²) in [7, 11) is 1.56. The Balaban J connectivity index is 2.69. The van der Waals surface area contributed by atoms with Gasteiger partial charge in [-0.1, -0.05) is 25.4 Å². The number of ether oxygens (including phenoxy) is 1. The molecule has 0 aliphatic carbocycles. The van der Waals surface area contributed by atoms with Gasteiger partial charge in [-0.25, -0.2) is 0 Å². The van der Waals surface area contributed by atoms with Gasteiger partial charge in [0.15, 0.2) is 0 Å². The Kier molecular flexibility index (Phi) is 5.44. The van der Waals surface area contributed by atoms with E-state index in [-0.39, 0.29) is 24.3 Å². The Morgan fingerprint density at radius 2 is 2.17 bits per heavy atom. The Morgan fingerprint density at radius 3 is 2.72 bits per heavy atom. The number of methoxy groups -OCH3 is 1. The first kappa shape index (κ1) is 14.8. The van der Waals surface area contributed by atoms with E-state index in [1.807, 2.05) is 13.8 Å². The van der Waals surface area contributed by atoms with Crippen LogP contribution in [0.15, 0.2) is 18.2 Å². The molecule has 0 radical (unpaired) electrons. The zero-order valence-electron chi connectivity index (χ0n) is 10.9. The minimum absolute atomic E-state index is 0.147. The predicted molar refractivity (Wildman–Crippen MR) is 74.1 cm³/mol. The van der Waals surface area contributed by atoms with Crippen molar-refractivity contribution in [2.45, 2.75) is 26.3 Å². The van der Waals surface area contributed by atoms with E-state index in [1.165, 1.54) is 0 Å². The highest BCUT2D eigenvalue weighted by Crippen LogP contribution is 2.26. The van der Waals surface area contributed by atoms with Gasteiger partial charge < -0.3 is 15.8 Å². The SMILES string of the molecule is COc1ccc(Cl)c(NC(=O)CC(N)C(C)C)c1. The van der Waals surface area contributed by atoms with Crippen LogP contribution in [0.5, 0.6) is 5.75 Å². The zero-order valence-corrected chi connectivity index (χ0v) is 11.6.